The monoisotopic (exact) mass is 244 g/mol. The van der Waals surface area contributed by atoms with Gasteiger partial charge in [0.05, 0.1) is 5.56 Å². The third-order valence-electron chi connectivity index (χ3n) is 2.23. The first-order valence-electron chi connectivity index (χ1n) is 4.56. The molecule has 0 saturated carbocycles. The highest BCUT2D eigenvalue weighted by molar-refractivity contribution is 5.74. The molecule has 0 fully saturated rings. The van der Waals surface area contributed by atoms with E-state index < -0.39 is 23.4 Å². The Morgan fingerprint density at radius 3 is 2.35 bits per heavy atom. The Morgan fingerprint density at radius 2 is 1.82 bits per heavy atom. The van der Waals surface area contributed by atoms with E-state index in [0.717, 1.165) is 18.4 Å². The molecule has 1 aromatic heterocycles. The van der Waals surface area contributed by atoms with Gasteiger partial charge in [-0.25, -0.2) is 0 Å². The van der Waals surface area contributed by atoms with Crippen molar-refractivity contribution in [3.05, 3.63) is 36.1 Å². The molecule has 0 saturated heterocycles. The number of benzene rings is 1. The van der Waals surface area contributed by atoms with Crippen LogP contribution in [0, 0.1) is 0 Å². The van der Waals surface area contributed by atoms with E-state index in [1.54, 1.807) is 0 Å². The minimum absolute atomic E-state index is 0.0311. The quantitative estimate of drug-likeness (QED) is 0.808. The van der Waals surface area contributed by atoms with Crippen molar-refractivity contribution in [1.29, 1.82) is 0 Å². The van der Waals surface area contributed by atoms with Crippen molar-refractivity contribution >= 4 is 0 Å². The van der Waals surface area contributed by atoms with Gasteiger partial charge in [-0.05, 0) is 17.7 Å². The van der Waals surface area contributed by atoms with Crippen LogP contribution in [0.4, 0.5) is 13.2 Å². The maximum absolute atomic E-state index is 12.5. The molecule has 0 unspecified atom stereocenters. The molecule has 3 nitrogen and oxygen atoms in total. The van der Waals surface area contributed by atoms with Crippen molar-refractivity contribution in [3.63, 3.8) is 0 Å². The minimum atomic E-state index is -4.48. The average Bonchev–Trinajstić information content (AvgIpc) is 2.57. The number of aromatic hydroxyl groups is 2. The highest BCUT2D eigenvalue weighted by atomic mass is 19.4. The second-order valence-electron chi connectivity index (χ2n) is 3.38. The van der Waals surface area contributed by atoms with Crippen LogP contribution in [0.1, 0.15) is 5.56 Å². The Hall–Kier alpha value is -2.11. The molecule has 0 radical (unpaired) electrons. The van der Waals surface area contributed by atoms with Gasteiger partial charge in [-0.3, -0.25) is 0 Å². The van der Waals surface area contributed by atoms with Gasteiger partial charge in [0.25, 0.3) is 5.95 Å². The van der Waals surface area contributed by atoms with Crippen molar-refractivity contribution < 1.29 is 27.8 Å². The summed E-state index contributed by atoms with van der Waals surface area (Å²) in [6.07, 6.45) is -3.63. The average molecular weight is 244 g/mol. The fourth-order valence-electron chi connectivity index (χ4n) is 1.46. The zero-order valence-electron chi connectivity index (χ0n) is 8.32. The van der Waals surface area contributed by atoms with Crippen LogP contribution in [0.15, 0.2) is 34.9 Å². The van der Waals surface area contributed by atoms with Crippen molar-refractivity contribution in [3.8, 4) is 22.8 Å². The summed E-state index contributed by atoms with van der Waals surface area (Å²) in [6.45, 7) is 0. The SMILES string of the molecule is Oc1coc(O)c1-c1cccc(C(F)(F)F)c1. The first-order chi connectivity index (χ1) is 7.89. The van der Waals surface area contributed by atoms with Crippen LogP contribution in [-0.4, -0.2) is 10.2 Å². The van der Waals surface area contributed by atoms with Gasteiger partial charge >= 0.3 is 6.18 Å². The molecule has 0 spiro atoms. The lowest BCUT2D eigenvalue weighted by atomic mass is 10.0. The number of hydrogen-bond donors (Lipinski definition) is 2. The van der Waals surface area contributed by atoms with E-state index in [0.29, 0.717) is 0 Å². The topological polar surface area (TPSA) is 53.6 Å². The summed E-state index contributed by atoms with van der Waals surface area (Å²) in [5, 5.41) is 18.6. The summed E-state index contributed by atoms with van der Waals surface area (Å²) in [5.41, 5.74) is -0.991. The van der Waals surface area contributed by atoms with E-state index >= 15 is 0 Å². The molecule has 0 aliphatic rings. The fourth-order valence-corrected chi connectivity index (χ4v) is 1.46. The van der Waals surface area contributed by atoms with E-state index in [2.05, 4.69) is 4.42 Å². The highest BCUT2D eigenvalue weighted by Crippen LogP contribution is 2.40. The lowest BCUT2D eigenvalue weighted by Crippen LogP contribution is -2.04. The van der Waals surface area contributed by atoms with Gasteiger partial charge in [-0.2, -0.15) is 13.2 Å². The van der Waals surface area contributed by atoms with Gasteiger partial charge in [0.1, 0.15) is 11.8 Å². The van der Waals surface area contributed by atoms with Gasteiger partial charge in [0, 0.05) is 0 Å². The van der Waals surface area contributed by atoms with Crippen LogP contribution in [0.25, 0.3) is 11.1 Å². The second kappa shape index (κ2) is 3.73. The molecule has 0 aliphatic heterocycles. The molecule has 6 heteroatoms. The van der Waals surface area contributed by atoms with Crippen LogP contribution >= 0.6 is 0 Å². The van der Waals surface area contributed by atoms with Gasteiger partial charge in [0.2, 0.25) is 0 Å². The molecule has 2 rings (SSSR count). The van der Waals surface area contributed by atoms with Crippen LogP contribution in [0.5, 0.6) is 11.7 Å². The summed E-state index contributed by atoms with van der Waals surface area (Å²) in [4.78, 5) is 0. The molecule has 90 valence electrons. The fraction of sp³-hybridized carbons (Fsp3) is 0.0909. The molecule has 2 aromatic rings. The van der Waals surface area contributed by atoms with Gasteiger partial charge in [-0.15, -0.1) is 0 Å². The first kappa shape index (κ1) is 11.4. The van der Waals surface area contributed by atoms with Crippen molar-refractivity contribution in [2.24, 2.45) is 0 Å². The maximum Gasteiger partial charge on any atom is 0.416 e. The molecule has 0 amide bonds. The Labute approximate surface area is 93.7 Å². The van der Waals surface area contributed by atoms with Crippen molar-refractivity contribution in [2.75, 3.05) is 0 Å². The summed E-state index contributed by atoms with van der Waals surface area (Å²) in [7, 11) is 0. The third-order valence-corrected chi connectivity index (χ3v) is 2.23. The number of furan rings is 1. The number of alkyl halides is 3. The van der Waals surface area contributed by atoms with E-state index in [1.807, 2.05) is 0 Å². The van der Waals surface area contributed by atoms with Crippen molar-refractivity contribution in [2.45, 2.75) is 6.18 Å². The van der Waals surface area contributed by atoms with E-state index in [4.69, 9.17) is 0 Å². The van der Waals surface area contributed by atoms with E-state index in [1.165, 1.54) is 12.1 Å². The molecule has 0 aliphatic carbocycles. The highest BCUT2D eigenvalue weighted by Gasteiger charge is 2.31. The van der Waals surface area contributed by atoms with Crippen LogP contribution in [0.3, 0.4) is 0 Å². The number of rotatable bonds is 1. The Kier molecular flexibility index (Phi) is 2.49. The van der Waals surface area contributed by atoms with Crippen LogP contribution in [0.2, 0.25) is 0 Å². The predicted molar refractivity (Wildman–Crippen MR) is 52.5 cm³/mol. The van der Waals surface area contributed by atoms with Crippen LogP contribution in [-0.2, 0) is 6.18 Å². The molecular formula is C11H7F3O3. The van der Waals surface area contributed by atoms with E-state index in [-0.39, 0.29) is 11.1 Å². The van der Waals surface area contributed by atoms with E-state index in [9.17, 15) is 23.4 Å². The van der Waals surface area contributed by atoms with Crippen LogP contribution < -0.4 is 0 Å². The normalized spacial score (nSPS) is 11.7. The summed E-state index contributed by atoms with van der Waals surface area (Å²) < 4.78 is 41.9. The first-order valence-corrected chi connectivity index (χ1v) is 4.56. The van der Waals surface area contributed by atoms with Gasteiger partial charge in [0.15, 0.2) is 5.75 Å². The lowest BCUT2D eigenvalue weighted by molar-refractivity contribution is -0.137. The van der Waals surface area contributed by atoms with Gasteiger partial charge in [-0.1, -0.05) is 12.1 Å². The lowest BCUT2D eigenvalue weighted by Gasteiger charge is -2.08. The third kappa shape index (κ3) is 2.06. The second-order valence-corrected chi connectivity index (χ2v) is 3.38. The maximum atomic E-state index is 12.5. The Morgan fingerprint density at radius 1 is 1.12 bits per heavy atom. The predicted octanol–water partition coefficient (Wildman–Crippen LogP) is 3.38. The zero-order chi connectivity index (χ0) is 12.6. The smallest absolute Gasteiger partial charge is 0.416 e. The summed E-state index contributed by atoms with van der Waals surface area (Å²) in [5.74, 6) is -1.04. The molecule has 0 bridgehead atoms. The zero-order valence-corrected chi connectivity index (χ0v) is 8.32. The molecule has 2 N–H and O–H groups in total. The molecule has 17 heavy (non-hydrogen) atoms. The largest absolute Gasteiger partial charge is 0.504 e. The van der Waals surface area contributed by atoms with Gasteiger partial charge < -0.3 is 14.6 Å². The standard InChI is InChI=1S/C11H7F3O3/c12-11(13,14)7-3-1-2-6(4-7)9-8(15)5-17-10(9)16/h1-5,15-16H. The summed E-state index contributed by atoms with van der Waals surface area (Å²) >= 11 is 0. The molecule has 1 heterocycles. The number of halogens is 3. The summed E-state index contributed by atoms with van der Waals surface area (Å²) in [6, 6.07) is 4.24. The Bertz CT molecular complexity index is 524. The minimum Gasteiger partial charge on any atom is -0.504 e. The molecule has 0 atom stereocenters. The van der Waals surface area contributed by atoms with Crippen molar-refractivity contribution in [1.82, 2.24) is 0 Å². The number of hydrogen-bond acceptors (Lipinski definition) is 3. The molecule has 1 aromatic carbocycles. The molecular weight excluding hydrogens is 237 g/mol. The Balaban J connectivity index is 2.55.